The second-order valence-corrected chi connectivity index (χ2v) is 6.43. The maximum absolute atomic E-state index is 5.87. The van der Waals surface area contributed by atoms with Gasteiger partial charge in [-0.1, -0.05) is 56.2 Å². The summed E-state index contributed by atoms with van der Waals surface area (Å²) in [6, 6.07) is 5.80. The first-order valence-corrected chi connectivity index (χ1v) is 8.76. The van der Waals surface area contributed by atoms with Gasteiger partial charge in [-0.15, -0.1) is 0 Å². The van der Waals surface area contributed by atoms with Gasteiger partial charge in [0.1, 0.15) is 12.1 Å². The van der Waals surface area contributed by atoms with E-state index in [1.165, 1.54) is 51.1 Å². The van der Waals surface area contributed by atoms with E-state index in [0.29, 0.717) is 10.9 Å². The number of allylic oxidation sites excluding steroid dienone is 3. The molecule has 1 heterocycles. The lowest BCUT2D eigenvalue weighted by molar-refractivity contribution is 0.504. The van der Waals surface area contributed by atoms with E-state index in [4.69, 9.17) is 23.1 Å². The number of nitrogens with two attached hydrogens (primary N) is 2. The number of fused-ring (bicyclic) bond motifs is 1. The van der Waals surface area contributed by atoms with Crippen molar-refractivity contribution in [2.45, 2.75) is 45.4 Å². The van der Waals surface area contributed by atoms with E-state index in [1.54, 1.807) is 6.08 Å². The van der Waals surface area contributed by atoms with Crippen molar-refractivity contribution in [3.05, 3.63) is 47.4 Å². The highest BCUT2D eigenvalue weighted by molar-refractivity contribution is 6.31. The van der Waals surface area contributed by atoms with Crippen molar-refractivity contribution in [3.63, 3.8) is 0 Å². The maximum atomic E-state index is 5.87. The molecule has 128 valence electrons. The number of aromatic nitrogens is 2. The van der Waals surface area contributed by atoms with Gasteiger partial charge in [-0.05, 0) is 36.3 Å². The standard InChI is InChI=1S/C13H13ClN4.C6H12/c1-8(4-10(14)6-15)9-2-3-12-11(5-9)13(16)18-7-17-12;1-2-4-6-5-3-1/h2-7H,15H2,1H3,(H2,16,17,18);1-6H2/b8-4+,10-6+;. The van der Waals surface area contributed by atoms with Crippen molar-refractivity contribution in [2.24, 2.45) is 5.73 Å². The van der Waals surface area contributed by atoms with E-state index < -0.39 is 0 Å². The van der Waals surface area contributed by atoms with Crippen molar-refractivity contribution >= 4 is 33.9 Å². The van der Waals surface area contributed by atoms with Crippen LogP contribution in [0.5, 0.6) is 0 Å². The summed E-state index contributed by atoms with van der Waals surface area (Å²) in [5, 5.41) is 1.32. The Labute approximate surface area is 148 Å². The second-order valence-electron chi connectivity index (χ2n) is 5.99. The quantitative estimate of drug-likeness (QED) is 0.752. The molecule has 1 aromatic heterocycles. The molecule has 24 heavy (non-hydrogen) atoms. The Kier molecular flexibility index (Phi) is 7.07. The number of benzene rings is 1. The lowest BCUT2D eigenvalue weighted by Gasteiger charge is -2.05. The fourth-order valence-corrected chi connectivity index (χ4v) is 2.88. The van der Waals surface area contributed by atoms with E-state index >= 15 is 0 Å². The third-order valence-electron chi connectivity index (χ3n) is 4.14. The van der Waals surface area contributed by atoms with E-state index in [-0.39, 0.29) is 0 Å². The van der Waals surface area contributed by atoms with Crippen LogP contribution in [0.4, 0.5) is 5.82 Å². The predicted octanol–water partition coefficient (Wildman–Crippen LogP) is 4.99. The van der Waals surface area contributed by atoms with Gasteiger partial charge in [0.15, 0.2) is 0 Å². The van der Waals surface area contributed by atoms with Gasteiger partial charge in [0, 0.05) is 11.6 Å². The SMILES string of the molecule is C/C(=C\C(Cl)=C/N)c1ccc2ncnc(N)c2c1.C1CCCCC1. The highest BCUT2D eigenvalue weighted by atomic mass is 35.5. The summed E-state index contributed by atoms with van der Waals surface area (Å²) in [4.78, 5) is 8.13. The average Bonchev–Trinajstić information content (AvgIpc) is 2.63. The first kappa shape index (κ1) is 18.3. The van der Waals surface area contributed by atoms with Gasteiger partial charge >= 0.3 is 0 Å². The third-order valence-corrected chi connectivity index (χ3v) is 4.37. The summed E-state index contributed by atoms with van der Waals surface area (Å²) in [6.45, 7) is 1.95. The Morgan fingerprint density at radius 1 is 1.08 bits per heavy atom. The van der Waals surface area contributed by atoms with Gasteiger partial charge in [-0.2, -0.15) is 0 Å². The Hall–Kier alpha value is -2.07. The molecule has 0 bridgehead atoms. The average molecular weight is 345 g/mol. The van der Waals surface area contributed by atoms with Crippen molar-refractivity contribution in [1.29, 1.82) is 0 Å². The Bertz CT molecular complexity index is 722. The molecule has 4 N–H and O–H groups in total. The van der Waals surface area contributed by atoms with E-state index in [1.807, 2.05) is 25.1 Å². The van der Waals surface area contributed by atoms with Crippen molar-refractivity contribution in [1.82, 2.24) is 9.97 Å². The topological polar surface area (TPSA) is 77.8 Å². The summed E-state index contributed by atoms with van der Waals surface area (Å²) >= 11 is 5.87. The van der Waals surface area contributed by atoms with Crippen LogP contribution >= 0.6 is 11.6 Å². The van der Waals surface area contributed by atoms with Gasteiger partial charge in [-0.3, -0.25) is 0 Å². The van der Waals surface area contributed by atoms with Crippen molar-refractivity contribution in [2.75, 3.05) is 5.73 Å². The molecule has 0 amide bonds. The molecular formula is C19H25ClN4. The number of hydrogen-bond acceptors (Lipinski definition) is 4. The summed E-state index contributed by atoms with van der Waals surface area (Å²) < 4.78 is 0. The van der Waals surface area contributed by atoms with Gasteiger partial charge in [0.25, 0.3) is 0 Å². The van der Waals surface area contributed by atoms with Crippen LogP contribution in [0.1, 0.15) is 51.0 Å². The summed E-state index contributed by atoms with van der Waals surface area (Å²) in [6.07, 6.45) is 13.6. The fourth-order valence-electron chi connectivity index (χ4n) is 2.72. The fraction of sp³-hybridized carbons (Fsp3) is 0.368. The molecule has 1 fully saturated rings. The zero-order chi connectivity index (χ0) is 17.4. The zero-order valence-corrected chi connectivity index (χ0v) is 14.9. The van der Waals surface area contributed by atoms with Gasteiger partial charge in [-0.25, -0.2) is 9.97 Å². The zero-order valence-electron chi connectivity index (χ0n) is 14.1. The van der Waals surface area contributed by atoms with Gasteiger partial charge < -0.3 is 11.5 Å². The minimum Gasteiger partial charge on any atom is -0.403 e. The Balaban J connectivity index is 0.000000292. The molecule has 0 radical (unpaired) electrons. The number of nitrogen functional groups attached to an aromatic ring is 1. The summed E-state index contributed by atoms with van der Waals surface area (Å²) in [7, 11) is 0. The molecule has 1 aliphatic rings. The Morgan fingerprint density at radius 2 is 1.71 bits per heavy atom. The summed E-state index contributed by atoms with van der Waals surface area (Å²) in [5.41, 5.74) is 14.0. The number of hydrogen-bond donors (Lipinski definition) is 2. The Morgan fingerprint density at radius 3 is 2.29 bits per heavy atom. The number of nitrogens with zero attached hydrogens (tertiary/aromatic N) is 2. The smallest absolute Gasteiger partial charge is 0.134 e. The molecule has 1 saturated carbocycles. The third kappa shape index (κ3) is 5.24. The molecule has 0 unspecified atom stereocenters. The molecule has 4 nitrogen and oxygen atoms in total. The summed E-state index contributed by atoms with van der Waals surface area (Å²) in [5.74, 6) is 0.468. The minimum absolute atomic E-state index is 0.468. The van der Waals surface area contributed by atoms with Crippen molar-refractivity contribution < 1.29 is 0 Å². The van der Waals surface area contributed by atoms with E-state index in [2.05, 4.69) is 9.97 Å². The van der Waals surface area contributed by atoms with Crippen LogP contribution in [0.25, 0.3) is 16.5 Å². The lowest BCUT2D eigenvalue weighted by atomic mass is 10.0. The minimum atomic E-state index is 0.468. The molecule has 0 spiro atoms. The molecule has 5 heteroatoms. The van der Waals surface area contributed by atoms with Crippen LogP contribution in [0, 0.1) is 0 Å². The lowest BCUT2D eigenvalue weighted by Crippen LogP contribution is -1.93. The second kappa shape index (κ2) is 9.28. The molecule has 1 aromatic carbocycles. The van der Waals surface area contributed by atoms with Crippen LogP contribution < -0.4 is 11.5 Å². The molecule has 2 aromatic rings. The monoisotopic (exact) mass is 344 g/mol. The molecule has 0 saturated heterocycles. The van der Waals surface area contributed by atoms with Crippen molar-refractivity contribution in [3.8, 4) is 0 Å². The van der Waals surface area contributed by atoms with Gasteiger partial charge in [0.05, 0.1) is 10.5 Å². The number of rotatable bonds is 2. The first-order valence-electron chi connectivity index (χ1n) is 8.38. The highest BCUT2D eigenvalue weighted by Gasteiger charge is 2.03. The van der Waals surface area contributed by atoms with Gasteiger partial charge in [0.2, 0.25) is 0 Å². The normalized spacial score (nSPS) is 15.8. The predicted molar refractivity (Wildman–Crippen MR) is 103 cm³/mol. The molecule has 0 atom stereocenters. The number of anilines is 1. The molecular weight excluding hydrogens is 320 g/mol. The van der Waals surface area contributed by atoms with E-state index in [0.717, 1.165) is 22.0 Å². The van der Waals surface area contributed by atoms with Crippen LogP contribution in [0.2, 0.25) is 0 Å². The molecule has 0 aliphatic heterocycles. The van der Waals surface area contributed by atoms with Crippen LogP contribution in [-0.4, -0.2) is 9.97 Å². The molecule has 3 rings (SSSR count). The highest BCUT2D eigenvalue weighted by Crippen LogP contribution is 2.23. The van der Waals surface area contributed by atoms with Crippen LogP contribution in [0.15, 0.2) is 41.8 Å². The maximum Gasteiger partial charge on any atom is 0.134 e. The van der Waals surface area contributed by atoms with E-state index in [9.17, 15) is 0 Å². The number of halogens is 1. The largest absolute Gasteiger partial charge is 0.403 e. The molecule has 1 aliphatic carbocycles. The first-order chi connectivity index (χ1) is 11.6. The van der Waals surface area contributed by atoms with Crippen LogP contribution in [-0.2, 0) is 0 Å². The van der Waals surface area contributed by atoms with Crippen LogP contribution in [0.3, 0.4) is 0 Å².